The van der Waals surface area contributed by atoms with Gasteiger partial charge in [0.1, 0.15) is 10.8 Å². The summed E-state index contributed by atoms with van der Waals surface area (Å²) < 4.78 is 40.5. The fourth-order valence-electron chi connectivity index (χ4n) is 1.37. The highest BCUT2D eigenvalue weighted by Crippen LogP contribution is 2.16. The summed E-state index contributed by atoms with van der Waals surface area (Å²) in [5.74, 6) is -0.643. The van der Waals surface area contributed by atoms with Crippen LogP contribution in [0.3, 0.4) is 0 Å². The average molecular weight is 333 g/mol. The molecule has 1 rings (SSSR count). The van der Waals surface area contributed by atoms with Crippen LogP contribution in [0.2, 0.25) is 0 Å². The van der Waals surface area contributed by atoms with Crippen LogP contribution in [-0.4, -0.2) is 44.5 Å². The van der Waals surface area contributed by atoms with E-state index in [0.717, 1.165) is 12.1 Å². The van der Waals surface area contributed by atoms with E-state index in [4.69, 9.17) is 18.0 Å². The van der Waals surface area contributed by atoms with Gasteiger partial charge < -0.3 is 10.6 Å². The van der Waals surface area contributed by atoms with E-state index < -0.39 is 15.8 Å². The molecule has 0 unspecified atom stereocenters. The van der Waals surface area contributed by atoms with E-state index in [1.807, 2.05) is 32.8 Å². The molecular weight excluding hydrogens is 313 g/mol. The van der Waals surface area contributed by atoms with Crippen molar-refractivity contribution in [1.82, 2.24) is 9.62 Å². The second-order valence-electron chi connectivity index (χ2n) is 5.54. The average Bonchev–Trinajstić information content (AvgIpc) is 2.36. The molecule has 0 aromatic heterocycles. The van der Waals surface area contributed by atoms with E-state index in [1.165, 1.54) is 6.07 Å². The molecule has 0 aliphatic rings. The zero-order chi connectivity index (χ0) is 16.4. The van der Waals surface area contributed by atoms with Crippen LogP contribution in [0.5, 0.6) is 0 Å². The summed E-state index contributed by atoms with van der Waals surface area (Å²) >= 11 is 4.71. The molecule has 0 saturated heterocycles. The van der Waals surface area contributed by atoms with E-state index in [0.29, 0.717) is 0 Å². The van der Waals surface area contributed by atoms with Crippen molar-refractivity contribution in [3.05, 3.63) is 29.6 Å². The van der Waals surface area contributed by atoms with Crippen molar-refractivity contribution in [3.8, 4) is 0 Å². The third-order valence-corrected chi connectivity index (χ3v) is 5.04. The summed E-state index contributed by atoms with van der Waals surface area (Å²) in [4.78, 5) is 1.65. The summed E-state index contributed by atoms with van der Waals surface area (Å²) in [6, 6.07) is 3.37. The Labute approximate surface area is 130 Å². The highest BCUT2D eigenvalue weighted by molar-refractivity contribution is 7.89. The second-order valence-corrected chi connectivity index (χ2v) is 7.74. The van der Waals surface area contributed by atoms with Crippen LogP contribution in [-0.2, 0) is 10.0 Å². The van der Waals surface area contributed by atoms with Crippen molar-refractivity contribution in [2.24, 2.45) is 5.73 Å². The monoisotopic (exact) mass is 333 g/mol. The van der Waals surface area contributed by atoms with E-state index in [2.05, 4.69) is 4.72 Å². The lowest BCUT2D eigenvalue weighted by Gasteiger charge is -2.32. The minimum atomic E-state index is -3.76. The molecule has 118 valence electrons. The Morgan fingerprint density at radius 2 is 2.00 bits per heavy atom. The maximum absolute atomic E-state index is 13.5. The molecule has 0 bridgehead atoms. The largest absolute Gasteiger partial charge is 0.389 e. The maximum atomic E-state index is 13.5. The Hall–Kier alpha value is -1.09. The number of likely N-dealkylation sites (N-methyl/N-ethyl adjacent to an activating group) is 1. The van der Waals surface area contributed by atoms with Gasteiger partial charge in [0.15, 0.2) is 0 Å². The highest BCUT2D eigenvalue weighted by atomic mass is 32.2. The molecule has 0 aliphatic heterocycles. The second kappa shape index (κ2) is 6.35. The van der Waals surface area contributed by atoms with Gasteiger partial charge >= 0.3 is 0 Å². The van der Waals surface area contributed by atoms with Gasteiger partial charge in [0, 0.05) is 17.6 Å². The Bertz CT molecular complexity index is 643. The quantitative estimate of drug-likeness (QED) is 0.762. The highest BCUT2D eigenvalue weighted by Gasteiger charge is 2.24. The third-order valence-electron chi connectivity index (χ3n) is 3.42. The number of benzene rings is 1. The molecule has 21 heavy (non-hydrogen) atoms. The van der Waals surface area contributed by atoms with E-state index in [-0.39, 0.29) is 27.5 Å². The van der Waals surface area contributed by atoms with Crippen molar-refractivity contribution in [1.29, 1.82) is 0 Å². The normalized spacial score (nSPS) is 12.7. The molecule has 0 fully saturated rings. The fraction of sp³-hybridized carbons (Fsp3) is 0.462. The number of nitrogens with one attached hydrogen (secondary N) is 1. The lowest BCUT2D eigenvalue weighted by molar-refractivity contribution is 0.199. The molecule has 3 N–H and O–H groups in total. The molecular formula is C13H20FN3O2S2. The molecule has 0 amide bonds. The van der Waals surface area contributed by atoms with Crippen LogP contribution >= 0.6 is 12.2 Å². The molecule has 0 heterocycles. The van der Waals surface area contributed by atoms with Gasteiger partial charge in [-0.05, 0) is 46.1 Å². The number of thiocarbonyl (C=S) groups is 1. The third kappa shape index (κ3) is 4.44. The van der Waals surface area contributed by atoms with Crippen molar-refractivity contribution >= 4 is 27.2 Å². The number of nitrogens with zero attached hydrogens (tertiary/aromatic N) is 1. The molecule has 0 radical (unpaired) electrons. The number of sulfonamides is 1. The van der Waals surface area contributed by atoms with Crippen LogP contribution in [0.4, 0.5) is 4.39 Å². The summed E-state index contributed by atoms with van der Waals surface area (Å²) in [6.07, 6.45) is 0. The van der Waals surface area contributed by atoms with Crippen LogP contribution in [0.25, 0.3) is 0 Å². The van der Waals surface area contributed by atoms with Gasteiger partial charge in [-0.3, -0.25) is 0 Å². The first-order chi connectivity index (χ1) is 9.47. The van der Waals surface area contributed by atoms with Crippen molar-refractivity contribution in [3.63, 3.8) is 0 Å². The Morgan fingerprint density at radius 3 is 2.48 bits per heavy atom. The Kier molecular flexibility index (Phi) is 5.43. The topological polar surface area (TPSA) is 75.4 Å². The molecule has 5 nitrogen and oxygen atoms in total. The Balaban J connectivity index is 3.04. The van der Waals surface area contributed by atoms with Crippen molar-refractivity contribution < 1.29 is 12.8 Å². The van der Waals surface area contributed by atoms with Gasteiger partial charge in [-0.15, -0.1) is 0 Å². The zero-order valence-electron chi connectivity index (χ0n) is 12.5. The number of rotatable bonds is 6. The molecule has 1 aromatic carbocycles. The molecule has 0 atom stereocenters. The number of nitrogens with two attached hydrogens (primary N) is 1. The maximum Gasteiger partial charge on any atom is 0.240 e. The summed E-state index contributed by atoms with van der Waals surface area (Å²) in [5.41, 5.74) is 4.93. The van der Waals surface area contributed by atoms with Crippen LogP contribution in [0.1, 0.15) is 19.4 Å². The van der Waals surface area contributed by atoms with Crippen LogP contribution < -0.4 is 10.5 Å². The van der Waals surface area contributed by atoms with Gasteiger partial charge in [0.2, 0.25) is 10.0 Å². The Morgan fingerprint density at radius 1 is 1.43 bits per heavy atom. The number of halogens is 1. The van der Waals surface area contributed by atoms with Crippen molar-refractivity contribution in [2.75, 3.05) is 20.6 Å². The van der Waals surface area contributed by atoms with Gasteiger partial charge in [-0.1, -0.05) is 12.2 Å². The molecule has 0 spiro atoms. The first-order valence-corrected chi connectivity index (χ1v) is 8.13. The summed E-state index contributed by atoms with van der Waals surface area (Å²) in [7, 11) is -0.0417. The van der Waals surface area contributed by atoms with Crippen LogP contribution in [0.15, 0.2) is 23.1 Å². The molecule has 8 heteroatoms. The van der Waals surface area contributed by atoms with Gasteiger partial charge in [0.25, 0.3) is 0 Å². The smallest absolute Gasteiger partial charge is 0.240 e. The number of hydrogen-bond acceptors (Lipinski definition) is 4. The SMILES string of the molecule is CN(C)C(C)(C)CNS(=O)(=O)c1ccc(F)c(C(N)=S)c1. The first-order valence-electron chi connectivity index (χ1n) is 6.24. The van der Waals surface area contributed by atoms with E-state index >= 15 is 0 Å². The minimum Gasteiger partial charge on any atom is -0.389 e. The molecule has 1 aromatic rings. The van der Waals surface area contributed by atoms with Gasteiger partial charge in [-0.2, -0.15) is 0 Å². The predicted octanol–water partition coefficient (Wildman–Crippen LogP) is 1.08. The summed E-state index contributed by atoms with van der Waals surface area (Å²) in [6.45, 7) is 4.02. The molecule has 0 saturated carbocycles. The fourth-order valence-corrected chi connectivity index (χ4v) is 2.76. The van der Waals surface area contributed by atoms with E-state index in [1.54, 1.807) is 0 Å². The zero-order valence-corrected chi connectivity index (χ0v) is 14.1. The summed E-state index contributed by atoms with van der Waals surface area (Å²) in [5, 5.41) is 0. The number of hydrogen-bond donors (Lipinski definition) is 2. The lowest BCUT2D eigenvalue weighted by atomic mass is 10.1. The van der Waals surface area contributed by atoms with Crippen LogP contribution in [0, 0.1) is 5.82 Å². The van der Waals surface area contributed by atoms with Gasteiger partial charge in [-0.25, -0.2) is 17.5 Å². The standard InChI is InChI=1S/C13H20FN3O2S2/c1-13(2,17(3)4)8-16-21(18,19)9-5-6-11(14)10(7-9)12(15)20/h5-7,16H,8H2,1-4H3,(H2,15,20). The lowest BCUT2D eigenvalue weighted by Crippen LogP contribution is -2.48. The first kappa shape index (κ1) is 18.0. The molecule has 0 aliphatic carbocycles. The predicted molar refractivity (Wildman–Crippen MR) is 85.2 cm³/mol. The van der Waals surface area contributed by atoms with Gasteiger partial charge in [0.05, 0.1) is 4.90 Å². The van der Waals surface area contributed by atoms with E-state index in [9.17, 15) is 12.8 Å². The van der Waals surface area contributed by atoms with Crippen molar-refractivity contribution in [2.45, 2.75) is 24.3 Å². The minimum absolute atomic E-state index is 0.0683.